The molecule has 21 heavy (non-hydrogen) atoms. The molecule has 0 saturated carbocycles. The van der Waals surface area contributed by atoms with E-state index in [9.17, 15) is 4.79 Å². The Hall–Kier alpha value is -2.13. The van der Waals surface area contributed by atoms with E-state index in [2.05, 4.69) is 0 Å². The van der Waals surface area contributed by atoms with E-state index in [1.807, 2.05) is 66.4 Å². The van der Waals surface area contributed by atoms with Crippen LogP contribution in [0.5, 0.6) is 0 Å². The first-order valence-corrected chi connectivity index (χ1v) is 7.26. The van der Waals surface area contributed by atoms with Crippen molar-refractivity contribution in [1.29, 1.82) is 0 Å². The normalized spacial score (nSPS) is 18.5. The third kappa shape index (κ3) is 3.14. The van der Waals surface area contributed by atoms with Crippen LogP contribution >= 0.6 is 0 Å². The molecule has 108 valence electrons. The fraction of sp³-hybridized carbons (Fsp3) is 0.278. The minimum atomic E-state index is -0.0336. The topological polar surface area (TPSA) is 29.5 Å². The van der Waals surface area contributed by atoms with Gasteiger partial charge >= 0.3 is 0 Å². The van der Waals surface area contributed by atoms with Crippen LogP contribution in [0.4, 0.5) is 0 Å². The molecule has 0 radical (unpaired) electrons. The lowest BCUT2D eigenvalue weighted by Gasteiger charge is -2.33. The molecule has 0 N–H and O–H groups in total. The summed E-state index contributed by atoms with van der Waals surface area (Å²) in [6, 6.07) is 17.8. The molecule has 0 aromatic heterocycles. The van der Waals surface area contributed by atoms with Gasteiger partial charge in [-0.3, -0.25) is 4.79 Å². The van der Waals surface area contributed by atoms with E-state index in [0.717, 1.165) is 16.7 Å². The molecule has 1 fully saturated rings. The van der Waals surface area contributed by atoms with Crippen LogP contribution in [0.15, 0.2) is 54.6 Å². The van der Waals surface area contributed by atoms with Crippen LogP contribution in [-0.2, 0) is 4.74 Å². The van der Waals surface area contributed by atoms with Crippen molar-refractivity contribution in [2.24, 2.45) is 0 Å². The molecule has 3 heteroatoms. The van der Waals surface area contributed by atoms with Gasteiger partial charge in [0.2, 0.25) is 0 Å². The fourth-order valence-electron chi connectivity index (χ4n) is 2.66. The number of hydrogen-bond acceptors (Lipinski definition) is 2. The van der Waals surface area contributed by atoms with E-state index >= 15 is 0 Å². The molecule has 0 spiro atoms. The van der Waals surface area contributed by atoms with Gasteiger partial charge in [-0.1, -0.05) is 48.0 Å². The van der Waals surface area contributed by atoms with Gasteiger partial charge < -0.3 is 9.64 Å². The Kier molecular flexibility index (Phi) is 4.02. The second-order valence-corrected chi connectivity index (χ2v) is 5.39. The number of benzene rings is 2. The van der Waals surface area contributed by atoms with Gasteiger partial charge in [-0.15, -0.1) is 0 Å². The standard InChI is InChI=1S/C18H19NO2/c1-14-6-5-9-16(12-14)18(20)19-10-11-21-17(13-19)15-7-3-2-4-8-15/h2-9,12,17H,10-11,13H2,1H3. The predicted molar refractivity (Wildman–Crippen MR) is 82.2 cm³/mol. The molecule has 3 nitrogen and oxygen atoms in total. The van der Waals surface area contributed by atoms with Gasteiger partial charge in [-0.25, -0.2) is 0 Å². The summed E-state index contributed by atoms with van der Waals surface area (Å²) in [7, 11) is 0. The number of ether oxygens (including phenoxy) is 1. The first-order valence-electron chi connectivity index (χ1n) is 7.26. The number of hydrogen-bond donors (Lipinski definition) is 0. The monoisotopic (exact) mass is 281 g/mol. The van der Waals surface area contributed by atoms with Crippen molar-refractivity contribution in [3.05, 3.63) is 71.3 Å². The highest BCUT2D eigenvalue weighted by Gasteiger charge is 2.25. The first-order chi connectivity index (χ1) is 10.2. The number of morpholine rings is 1. The lowest BCUT2D eigenvalue weighted by atomic mass is 10.1. The van der Waals surface area contributed by atoms with Crippen molar-refractivity contribution >= 4 is 5.91 Å². The van der Waals surface area contributed by atoms with Gasteiger partial charge in [0.1, 0.15) is 6.10 Å². The molecule has 1 unspecified atom stereocenters. The molecule has 1 heterocycles. The molecule has 2 aromatic rings. The molecular weight excluding hydrogens is 262 g/mol. The van der Waals surface area contributed by atoms with E-state index in [1.165, 1.54) is 0 Å². The van der Waals surface area contributed by atoms with Gasteiger partial charge in [0, 0.05) is 12.1 Å². The van der Waals surface area contributed by atoms with E-state index in [-0.39, 0.29) is 12.0 Å². The van der Waals surface area contributed by atoms with Crippen LogP contribution in [0.1, 0.15) is 27.6 Å². The Morgan fingerprint density at radius 3 is 2.71 bits per heavy atom. The fourth-order valence-corrected chi connectivity index (χ4v) is 2.66. The number of carbonyl (C=O) groups is 1. The number of rotatable bonds is 2. The molecule has 1 amide bonds. The van der Waals surface area contributed by atoms with E-state index in [0.29, 0.717) is 19.7 Å². The zero-order chi connectivity index (χ0) is 14.7. The minimum Gasteiger partial charge on any atom is -0.370 e. The van der Waals surface area contributed by atoms with Crippen LogP contribution in [-0.4, -0.2) is 30.5 Å². The van der Waals surface area contributed by atoms with E-state index in [4.69, 9.17) is 4.74 Å². The van der Waals surface area contributed by atoms with Crippen LogP contribution in [0.3, 0.4) is 0 Å². The molecule has 0 bridgehead atoms. The van der Waals surface area contributed by atoms with Gasteiger partial charge in [-0.2, -0.15) is 0 Å². The van der Waals surface area contributed by atoms with Crippen molar-refractivity contribution in [2.75, 3.05) is 19.7 Å². The molecular formula is C18H19NO2. The Labute approximate surface area is 125 Å². The van der Waals surface area contributed by atoms with Crippen molar-refractivity contribution in [1.82, 2.24) is 4.90 Å². The Morgan fingerprint density at radius 2 is 1.95 bits per heavy atom. The lowest BCUT2D eigenvalue weighted by Crippen LogP contribution is -2.42. The van der Waals surface area contributed by atoms with Gasteiger partial charge in [-0.05, 0) is 24.6 Å². The summed E-state index contributed by atoms with van der Waals surface area (Å²) in [6.45, 7) is 3.84. The molecule has 1 atom stereocenters. The Balaban J connectivity index is 1.75. The zero-order valence-corrected chi connectivity index (χ0v) is 12.2. The summed E-state index contributed by atoms with van der Waals surface area (Å²) in [5.41, 5.74) is 2.98. The minimum absolute atomic E-state index is 0.0336. The lowest BCUT2D eigenvalue weighted by molar-refractivity contribution is -0.0228. The number of carbonyl (C=O) groups excluding carboxylic acids is 1. The van der Waals surface area contributed by atoms with Gasteiger partial charge in [0.15, 0.2) is 0 Å². The second-order valence-electron chi connectivity index (χ2n) is 5.39. The SMILES string of the molecule is Cc1cccc(C(=O)N2CCOC(c3ccccc3)C2)c1. The quantitative estimate of drug-likeness (QED) is 0.846. The average molecular weight is 281 g/mol. The third-order valence-electron chi connectivity index (χ3n) is 3.79. The first kappa shape index (κ1) is 13.8. The zero-order valence-electron chi connectivity index (χ0n) is 12.2. The highest BCUT2D eigenvalue weighted by molar-refractivity contribution is 5.94. The van der Waals surface area contributed by atoms with Crippen molar-refractivity contribution in [3.63, 3.8) is 0 Å². The average Bonchev–Trinajstić information content (AvgIpc) is 2.55. The van der Waals surface area contributed by atoms with Crippen LogP contribution < -0.4 is 0 Å². The molecule has 0 aliphatic carbocycles. The smallest absolute Gasteiger partial charge is 0.254 e. The molecule has 1 aliphatic rings. The van der Waals surface area contributed by atoms with E-state index < -0.39 is 0 Å². The Bertz CT molecular complexity index is 624. The maximum Gasteiger partial charge on any atom is 0.254 e. The van der Waals surface area contributed by atoms with E-state index in [1.54, 1.807) is 0 Å². The largest absolute Gasteiger partial charge is 0.370 e. The molecule has 3 rings (SSSR count). The van der Waals surface area contributed by atoms with Crippen molar-refractivity contribution in [2.45, 2.75) is 13.0 Å². The van der Waals surface area contributed by atoms with Crippen molar-refractivity contribution < 1.29 is 9.53 Å². The molecule has 1 saturated heterocycles. The third-order valence-corrected chi connectivity index (χ3v) is 3.79. The molecule has 2 aromatic carbocycles. The number of amides is 1. The summed E-state index contributed by atoms with van der Waals surface area (Å²) in [4.78, 5) is 14.5. The summed E-state index contributed by atoms with van der Waals surface area (Å²) in [5, 5.41) is 0. The number of nitrogens with zero attached hydrogens (tertiary/aromatic N) is 1. The van der Waals surface area contributed by atoms with Crippen molar-refractivity contribution in [3.8, 4) is 0 Å². The van der Waals surface area contributed by atoms with Gasteiger partial charge in [0.05, 0.1) is 13.2 Å². The van der Waals surface area contributed by atoms with Crippen LogP contribution in [0.2, 0.25) is 0 Å². The maximum atomic E-state index is 12.6. The predicted octanol–water partition coefficient (Wildman–Crippen LogP) is 3.21. The summed E-state index contributed by atoms with van der Waals surface area (Å²) >= 11 is 0. The Morgan fingerprint density at radius 1 is 1.14 bits per heavy atom. The number of aryl methyl sites for hydroxylation is 1. The van der Waals surface area contributed by atoms with Gasteiger partial charge in [0.25, 0.3) is 5.91 Å². The second kappa shape index (κ2) is 6.10. The molecule has 1 aliphatic heterocycles. The highest BCUT2D eigenvalue weighted by Crippen LogP contribution is 2.23. The summed E-state index contributed by atoms with van der Waals surface area (Å²) in [5.74, 6) is 0.0860. The van der Waals surface area contributed by atoms with Crippen LogP contribution in [0, 0.1) is 6.92 Å². The summed E-state index contributed by atoms with van der Waals surface area (Å²) < 4.78 is 5.81. The highest BCUT2D eigenvalue weighted by atomic mass is 16.5. The maximum absolute atomic E-state index is 12.6. The summed E-state index contributed by atoms with van der Waals surface area (Å²) in [6.07, 6.45) is -0.0336. The van der Waals surface area contributed by atoms with Crippen LogP contribution in [0.25, 0.3) is 0 Å².